The Hall–Kier alpha value is -2.85. The maximum absolute atomic E-state index is 13.3. The summed E-state index contributed by atoms with van der Waals surface area (Å²) in [5.74, 6) is -2.10. The van der Waals surface area contributed by atoms with Crippen LogP contribution in [0.1, 0.15) is 42.9 Å². The second-order valence-electron chi connectivity index (χ2n) is 9.30. The first-order chi connectivity index (χ1) is 18.1. The molecule has 0 aliphatic carbocycles. The van der Waals surface area contributed by atoms with Gasteiger partial charge in [-0.05, 0) is 61.3 Å². The summed E-state index contributed by atoms with van der Waals surface area (Å²) in [6, 6.07) is 12.2. The Morgan fingerprint density at radius 2 is 1.69 bits per heavy atom. The van der Waals surface area contributed by atoms with Gasteiger partial charge in [-0.1, -0.05) is 41.4 Å². The average Bonchev–Trinajstić information content (AvgIpc) is 3.40. The van der Waals surface area contributed by atoms with Crippen molar-refractivity contribution in [2.24, 2.45) is 0 Å². The lowest BCUT2D eigenvalue weighted by atomic mass is 10.0. The van der Waals surface area contributed by atoms with Crippen molar-refractivity contribution in [1.82, 2.24) is 15.1 Å². The van der Waals surface area contributed by atoms with Gasteiger partial charge in [-0.25, -0.2) is 0 Å². The molecule has 0 bridgehead atoms. The summed E-state index contributed by atoms with van der Waals surface area (Å²) in [4.78, 5) is 52.0. The van der Waals surface area contributed by atoms with Gasteiger partial charge in [-0.2, -0.15) is 0 Å². The lowest BCUT2D eigenvalue weighted by Gasteiger charge is -2.32. The van der Waals surface area contributed by atoms with Crippen molar-refractivity contribution >= 4 is 65.0 Å². The third-order valence-corrected chi connectivity index (χ3v) is 7.14. The summed E-state index contributed by atoms with van der Waals surface area (Å²) >= 11 is 12.1. The zero-order valence-corrected chi connectivity index (χ0v) is 23.9. The van der Waals surface area contributed by atoms with E-state index < -0.39 is 18.4 Å². The number of carboxylic acids is 1. The molecule has 3 N–H and O–H groups in total. The van der Waals surface area contributed by atoms with Crippen molar-refractivity contribution in [3.63, 3.8) is 0 Å². The average molecular weight is 600 g/mol. The molecular weight excluding hydrogens is 567 g/mol. The van der Waals surface area contributed by atoms with Crippen molar-refractivity contribution in [2.45, 2.75) is 38.1 Å². The molecule has 0 saturated carbocycles. The van der Waals surface area contributed by atoms with E-state index >= 15 is 0 Å². The fourth-order valence-corrected chi connectivity index (χ4v) is 4.64. The van der Waals surface area contributed by atoms with Gasteiger partial charge in [0.1, 0.15) is 6.54 Å². The van der Waals surface area contributed by atoms with E-state index in [9.17, 15) is 19.2 Å². The van der Waals surface area contributed by atoms with E-state index in [1.54, 1.807) is 36.2 Å². The second kappa shape index (κ2) is 15.7. The molecule has 0 unspecified atom stereocenters. The van der Waals surface area contributed by atoms with Crippen LogP contribution in [0, 0.1) is 0 Å². The highest BCUT2D eigenvalue weighted by Crippen LogP contribution is 2.27. The van der Waals surface area contributed by atoms with Gasteiger partial charge in [0.2, 0.25) is 17.7 Å². The van der Waals surface area contributed by atoms with Crippen LogP contribution in [0.4, 0.5) is 5.69 Å². The molecule has 0 radical (unpaired) electrons. The van der Waals surface area contributed by atoms with Crippen LogP contribution in [0.3, 0.4) is 0 Å². The molecule has 0 spiro atoms. The first kappa shape index (κ1) is 32.4. The summed E-state index contributed by atoms with van der Waals surface area (Å²) in [7, 11) is 1.78. The molecular formula is C27H33Cl3N4O5. The highest BCUT2D eigenvalue weighted by molar-refractivity contribution is 6.42. The van der Waals surface area contributed by atoms with E-state index in [1.165, 1.54) is 0 Å². The summed E-state index contributed by atoms with van der Waals surface area (Å²) in [5.41, 5.74) is 2.19. The third-order valence-electron chi connectivity index (χ3n) is 6.40. The molecule has 2 aromatic rings. The van der Waals surface area contributed by atoms with E-state index in [4.69, 9.17) is 28.3 Å². The van der Waals surface area contributed by atoms with Crippen molar-refractivity contribution in [3.8, 4) is 0 Å². The highest BCUT2D eigenvalue weighted by Gasteiger charge is 2.26. The van der Waals surface area contributed by atoms with Crippen LogP contribution >= 0.6 is 35.6 Å². The molecule has 3 rings (SSSR count). The molecule has 1 saturated heterocycles. The van der Waals surface area contributed by atoms with Crippen LogP contribution in [0.15, 0.2) is 42.5 Å². The van der Waals surface area contributed by atoms with E-state index in [0.29, 0.717) is 22.3 Å². The molecule has 0 aromatic heterocycles. The number of carboxylic acid groups (broad SMARTS) is 1. The fourth-order valence-electron chi connectivity index (χ4n) is 4.32. The van der Waals surface area contributed by atoms with Crippen molar-refractivity contribution < 1.29 is 24.3 Å². The number of benzene rings is 2. The maximum Gasteiger partial charge on any atom is 0.322 e. The topological polar surface area (TPSA) is 119 Å². The predicted octanol–water partition coefficient (Wildman–Crippen LogP) is 4.17. The number of aliphatic carboxylic acids is 1. The Labute approximate surface area is 244 Å². The Morgan fingerprint density at radius 1 is 1.00 bits per heavy atom. The number of nitrogens with zero attached hydrogens (tertiary/aromatic N) is 2. The van der Waals surface area contributed by atoms with Crippen LogP contribution in [0.5, 0.6) is 0 Å². The molecule has 1 heterocycles. The normalized spacial score (nSPS) is 13.7. The SMILES string of the molecule is CN(C(=O)Cc1ccc(Cl)c(Cl)c1)[C@@H](CN1CCCC1)c1cccc(NC(=O)CCC(=O)NCC(=O)O)c1.Cl. The molecule has 3 amide bonds. The Bertz CT molecular complexity index is 1170. The minimum Gasteiger partial charge on any atom is -0.480 e. The molecule has 1 aliphatic heterocycles. The van der Waals surface area contributed by atoms with Crippen LogP contribution in [0.25, 0.3) is 0 Å². The summed E-state index contributed by atoms with van der Waals surface area (Å²) < 4.78 is 0. The number of likely N-dealkylation sites (tertiary alicyclic amines) is 1. The molecule has 212 valence electrons. The monoisotopic (exact) mass is 598 g/mol. The largest absolute Gasteiger partial charge is 0.480 e. The van der Waals surface area contributed by atoms with Crippen molar-refractivity contribution in [3.05, 3.63) is 63.6 Å². The summed E-state index contributed by atoms with van der Waals surface area (Å²) in [6.45, 7) is 2.10. The Morgan fingerprint density at radius 3 is 2.36 bits per heavy atom. The van der Waals surface area contributed by atoms with Gasteiger partial charge in [0.05, 0.1) is 22.5 Å². The Kier molecular flexibility index (Phi) is 13.0. The number of rotatable bonds is 12. The molecule has 2 aromatic carbocycles. The minimum atomic E-state index is -1.15. The fraction of sp³-hybridized carbons (Fsp3) is 0.407. The van der Waals surface area contributed by atoms with Crippen LogP contribution in [-0.2, 0) is 25.6 Å². The maximum atomic E-state index is 13.3. The number of carbonyl (C=O) groups is 4. The van der Waals surface area contributed by atoms with Crippen molar-refractivity contribution in [1.29, 1.82) is 0 Å². The number of halogens is 3. The second-order valence-corrected chi connectivity index (χ2v) is 10.1. The van der Waals surface area contributed by atoms with Gasteiger partial charge in [-0.15, -0.1) is 12.4 Å². The molecule has 9 nitrogen and oxygen atoms in total. The van der Waals surface area contributed by atoms with E-state index in [-0.39, 0.29) is 49.5 Å². The lowest BCUT2D eigenvalue weighted by Crippen LogP contribution is -2.39. The number of nitrogens with one attached hydrogen (secondary N) is 2. The van der Waals surface area contributed by atoms with Crippen LogP contribution < -0.4 is 10.6 Å². The van der Waals surface area contributed by atoms with E-state index in [2.05, 4.69) is 15.5 Å². The van der Waals surface area contributed by atoms with Crippen LogP contribution in [0.2, 0.25) is 10.0 Å². The summed E-state index contributed by atoms with van der Waals surface area (Å²) in [6.07, 6.45) is 2.19. The predicted molar refractivity (Wildman–Crippen MR) is 154 cm³/mol. The number of hydrogen-bond donors (Lipinski definition) is 3. The van der Waals surface area contributed by atoms with Gasteiger partial charge < -0.3 is 25.5 Å². The lowest BCUT2D eigenvalue weighted by molar-refractivity contribution is -0.138. The molecule has 1 atom stereocenters. The number of amides is 3. The van der Waals surface area contributed by atoms with Gasteiger partial charge in [-0.3, -0.25) is 19.2 Å². The number of anilines is 1. The molecule has 1 fully saturated rings. The first-order valence-corrected chi connectivity index (χ1v) is 13.2. The molecule has 1 aliphatic rings. The minimum absolute atomic E-state index is 0. The van der Waals surface area contributed by atoms with E-state index in [1.807, 2.05) is 18.2 Å². The molecule has 12 heteroatoms. The van der Waals surface area contributed by atoms with Gasteiger partial charge in [0, 0.05) is 32.1 Å². The summed E-state index contributed by atoms with van der Waals surface area (Å²) in [5, 5.41) is 14.5. The zero-order chi connectivity index (χ0) is 27.7. The number of hydrogen-bond acceptors (Lipinski definition) is 5. The standard InChI is InChI=1S/C27H32Cl2N4O5.ClH/c1-32(26(36)14-18-7-8-21(28)22(29)13-18)23(17-33-11-2-3-12-33)19-5-4-6-20(15-19)31-25(35)10-9-24(34)30-16-27(37)38;/h4-8,13,15,23H,2-3,9-12,14,16-17H2,1H3,(H,30,34)(H,31,35)(H,37,38);1H/t23-;/m0./s1. The van der Waals surface area contributed by atoms with Gasteiger partial charge in [0.25, 0.3) is 0 Å². The van der Waals surface area contributed by atoms with Gasteiger partial charge >= 0.3 is 5.97 Å². The smallest absolute Gasteiger partial charge is 0.322 e. The quantitative estimate of drug-likeness (QED) is 0.337. The third kappa shape index (κ3) is 10.3. The first-order valence-electron chi connectivity index (χ1n) is 12.4. The Balaban J connectivity index is 0.00000533. The van der Waals surface area contributed by atoms with Crippen molar-refractivity contribution in [2.75, 3.05) is 38.5 Å². The van der Waals surface area contributed by atoms with E-state index in [0.717, 1.165) is 37.1 Å². The van der Waals surface area contributed by atoms with Gasteiger partial charge in [0.15, 0.2) is 0 Å². The number of carbonyl (C=O) groups excluding carboxylic acids is 3. The molecule has 39 heavy (non-hydrogen) atoms. The highest BCUT2D eigenvalue weighted by atomic mass is 35.5. The number of likely N-dealkylation sites (N-methyl/N-ethyl adjacent to an activating group) is 1. The van der Waals surface area contributed by atoms with Crippen LogP contribution in [-0.4, -0.2) is 71.8 Å². The zero-order valence-electron chi connectivity index (χ0n) is 21.6.